The summed E-state index contributed by atoms with van der Waals surface area (Å²) in [5, 5.41) is 0. The Morgan fingerprint density at radius 3 is 2.07 bits per heavy atom. The summed E-state index contributed by atoms with van der Waals surface area (Å²) in [5.41, 5.74) is 7.38. The molecule has 1 rings (SSSR count). The second-order valence-electron chi connectivity index (χ2n) is 3.21. The standard InChI is InChI=1S/C9H9Br2Cl2N/c1-9(12,13)4-6-7(10)2-5(14)3-8(6)11/h2-3H,4,14H2,1H3. The van der Waals surface area contributed by atoms with E-state index in [1.54, 1.807) is 6.92 Å². The zero-order valence-electron chi connectivity index (χ0n) is 7.45. The molecule has 78 valence electrons. The van der Waals surface area contributed by atoms with Gasteiger partial charge in [0.05, 0.1) is 0 Å². The van der Waals surface area contributed by atoms with Gasteiger partial charge in [0, 0.05) is 21.1 Å². The van der Waals surface area contributed by atoms with E-state index >= 15 is 0 Å². The molecule has 0 aliphatic heterocycles. The van der Waals surface area contributed by atoms with Gasteiger partial charge in [-0.05, 0) is 24.6 Å². The molecular weight excluding hydrogens is 353 g/mol. The monoisotopic (exact) mass is 359 g/mol. The molecule has 0 unspecified atom stereocenters. The summed E-state index contributed by atoms with van der Waals surface area (Å²) < 4.78 is 1.05. The molecule has 0 aromatic heterocycles. The predicted octanol–water partition coefficient (Wildman–Crippen LogP) is 4.53. The van der Waals surface area contributed by atoms with Crippen molar-refractivity contribution in [2.24, 2.45) is 0 Å². The molecule has 1 aromatic rings. The van der Waals surface area contributed by atoms with E-state index in [1.165, 1.54) is 0 Å². The van der Waals surface area contributed by atoms with Crippen LogP contribution in [0.3, 0.4) is 0 Å². The first kappa shape index (κ1) is 12.6. The molecule has 2 N–H and O–H groups in total. The third-order valence-electron chi connectivity index (χ3n) is 1.65. The van der Waals surface area contributed by atoms with Gasteiger partial charge in [0.2, 0.25) is 0 Å². The molecular formula is C9H9Br2Cl2N. The van der Waals surface area contributed by atoms with Crippen LogP contribution >= 0.6 is 55.1 Å². The van der Waals surface area contributed by atoms with E-state index < -0.39 is 4.33 Å². The molecule has 0 bridgehead atoms. The summed E-state index contributed by atoms with van der Waals surface area (Å²) in [6, 6.07) is 3.67. The van der Waals surface area contributed by atoms with E-state index in [2.05, 4.69) is 31.9 Å². The molecule has 0 spiro atoms. The van der Waals surface area contributed by atoms with E-state index in [9.17, 15) is 0 Å². The summed E-state index contributed by atoms with van der Waals surface area (Å²) in [6.45, 7) is 1.76. The van der Waals surface area contributed by atoms with Crippen molar-refractivity contribution in [2.45, 2.75) is 17.7 Å². The number of hydrogen-bond donors (Lipinski definition) is 1. The average Bonchev–Trinajstić information content (AvgIpc) is 1.95. The van der Waals surface area contributed by atoms with Crippen LogP contribution in [-0.4, -0.2) is 4.33 Å². The fourth-order valence-corrected chi connectivity index (χ4v) is 2.87. The van der Waals surface area contributed by atoms with Crippen LogP contribution in [0.4, 0.5) is 5.69 Å². The number of alkyl halides is 2. The second-order valence-corrected chi connectivity index (χ2v) is 6.78. The van der Waals surface area contributed by atoms with Crippen molar-refractivity contribution in [3.63, 3.8) is 0 Å². The van der Waals surface area contributed by atoms with Gasteiger partial charge in [0.1, 0.15) is 4.33 Å². The summed E-state index contributed by atoms with van der Waals surface area (Å²) in [7, 11) is 0. The predicted molar refractivity (Wildman–Crippen MR) is 70.1 cm³/mol. The molecule has 0 aliphatic carbocycles. The molecule has 0 atom stereocenters. The first-order chi connectivity index (χ1) is 6.29. The minimum Gasteiger partial charge on any atom is -0.399 e. The van der Waals surface area contributed by atoms with Crippen LogP contribution in [0.25, 0.3) is 0 Å². The Bertz CT molecular complexity index is 324. The Morgan fingerprint density at radius 2 is 1.71 bits per heavy atom. The van der Waals surface area contributed by atoms with Crippen LogP contribution < -0.4 is 5.73 Å². The largest absolute Gasteiger partial charge is 0.399 e. The Labute approximate surface area is 110 Å². The smallest absolute Gasteiger partial charge is 0.119 e. The normalized spacial score (nSPS) is 11.8. The minimum absolute atomic E-state index is 0.553. The zero-order chi connectivity index (χ0) is 10.9. The molecule has 0 aliphatic rings. The van der Waals surface area contributed by atoms with Crippen LogP contribution in [0.2, 0.25) is 0 Å². The maximum Gasteiger partial charge on any atom is 0.119 e. The molecule has 14 heavy (non-hydrogen) atoms. The van der Waals surface area contributed by atoms with Gasteiger partial charge >= 0.3 is 0 Å². The number of rotatable bonds is 2. The summed E-state index contributed by atoms with van der Waals surface area (Å²) in [4.78, 5) is 0. The molecule has 1 aromatic carbocycles. The number of benzene rings is 1. The van der Waals surface area contributed by atoms with E-state index in [4.69, 9.17) is 28.9 Å². The Balaban J connectivity index is 3.09. The highest BCUT2D eigenvalue weighted by atomic mass is 79.9. The average molecular weight is 362 g/mol. The highest BCUT2D eigenvalue weighted by molar-refractivity contribution is 9.11. The second kappa shape index (κ2) is 4.60. The Kier molecular flexibility index (Phi) is 4.15. The lowest BCUT2D eigenvalue weighted by molar-refractivity contribution is 0.846. The number of hydrogen-bond acceptors (Lipinski definition) is 1. The van der Waals surface area contributed by atoms with Crippen molar-refractivity contribution < 1.29 is 0 Å². The molecule has 0 heterocycles. The maximum absolute atomic E-state index is 5.94. The topological polar surface area (TPSA) is 26.0 Å². The number of nitrogen functional groups attached to an aromatic ring is 1. The van der Waals surface area contributed by atoms with Crippen LogP contribution in [0.5, 0.6) is 0 Å². The van der Waals surface area contributed by atoms with Crippen molar-refractivity contribution in [3.05, 3.63) is 26.6 Å². The number of nitrogens with two attached hydrogens (primary N) is 1. The lowest BCUT2D eigenvalue weighted by Crippen LogP contribution is -2.11. The Hall–Kier alpha value is 0.560. The summed E-state index contributed by atoms with van der Waals surface area (Å²) in [6.07, 6.45) is 0.553. The van der Waals surface area contributed by atoms with Gasteiger partial charge in [-0.25, -0.2) is 0 Å². The van der Waals surface area contributed by atoms with E-state index in [0.29, 0.717) is 12.1 Å². The molecule has 0 saturated carbocycles. The fraction of sp³-hybridized carbons (Fsp3) is 0.333. The third-order valence-corrected chi connectivity index (χ3v) is 3.33. The van der Waals surface area contributed by atoms with Gasteiger partial charge in [0.25, 0.3) is 0 Å². The van der Waals surface area contributed by atoms with Gasteiger partial charge in [-0.3, -0.25) is 0 Å². The lowest BCUT2D eigenvalue weighted by Gasteiger charge is -2.16. The van der Waals surface area contributed by atoms with Gasteiger partial charge in [-0.15, -0.1) is 23.2 Å². The van der Waals surface area contributed by atoms with Crippen molar-refractivity contribution >= 4 is 60.7 Å². The maximum atomic E-state index is 5.94. The van der Waals surface area contributed by atoms with E-state index in [1.807, 2.05) is 12.1 Å². The van der Waals surface area contributed by atoms with E-state index in [-0.39, 0.29) is 0 Å². The van der Waals surface area contributed by atoms with Gasteiger partial charge in [0.15, 0.2) is 0 Å². The first-order valence-electron chi connectivity index (χ1n) is 3.91. The molecule has 5 heteroatoms. The van der Waals surface area contributed by atoms with Gasteiger partial charge in [-0.1, -0.05) is 31.9 Å². The minimum atomic E-state index is -0.777. The zero-order valence-corrected chi connectivity index (χ0v) is 12.1. The van der Waals surface area contributed by atoms with E-state index in [0.717, 1.165) is 14.5 Å². The third kappa shape index (κ3) is 3.61. The van der Waals surface area contributed by atoms with Crippen LogP contribution in [0.15, 0.2) is 21.1 Å². The number of anilines is 1. The molecule has 1 nitrogen and oxygen atoms in total. The number of halogens is 4. The van der Waals surface area contributed by atoms with Crippen molar-refractivity contribution in [1.29, 1.82) is 0 Å². The van der Waals surface area contributed by atoms with Crippen LogP contribution in [0, 0.1) is 0 Å². The van der Waals surface area contributed by atoms with Crippen molar-refractivity contribution in [1.82, 2.24) is 0 Å². The molecule has 0 radical (unpaired) electrons. The lowest BCUT2D eigenvalue weighted by atomic mass is 10.1. The summed E-state index contributed by atoms with van der Waals surface area (Å²) >= 11 is 18.7. The molecule has 0 amide bonds. The first-order valence-corrected chi connectivity index (χ1v) is 6.25. The highest BCUT2D eigenvalue weighted by Crippen LogP contribution is 2.34. The van der Waals surface area contributed by atoms with Crippen LogP contribution in [-0.2, 0) is 6.42 Å². The van der Waals surface area contributed by atoms with Gasteiger partial charge < -0.3 is 5.73 Å². The SMILES string of the molecule is CC(Cl)(Cl)Cc1c(Br)cc(N)cc1Br. The Morgan fingerprint density at radius 1 is 1.29 bits per heavy atom. The van der Waals surface area contributed by atoms with Crippen molar-refractivity contribution in [3.8, 4) is 0 Å². The summed E-state index contributed by atoms with van der Waals surface area (Å²) in [5.74, 6) is 0. The highest BCUT2D eigenvalue weighted by Gasteiger charge is 2.20. The quantitative estimate of drug-likeness (QED) is 0.607. The van der Waals surface area contributed by atoms with Crippen molar-refractivity contribution in [2.75, 3.05) is 5.73 Å². The molecule has 0 saturated heterocycles. The molecule has 0 fully saturated rings. The fourth-order valence-electron chi connectivity index (χ4n) is 1.10. The van der Waals surface area contributed by atoms with Gasteiger partial charge in [-0.2, -0.15) is 0 Å². The van der Waals surface area contributed by atoms with Crippen LogP contribution in [0.1, 0.15) is 12.5 Å².